The second-order valence-electron chi connectivity index (χ2n) is 2.60. The van der Waals surface area contributed by atoms with Crippen molar-refractivity contribution < 1.29 is 4.79 Å². The molecule has 70 valence electrons. The van der Waals surface area contributed by atoms with Gasteiger partial charge >= 0.3 is 0 Å². The van der Waals surface area contributed by atoms with E-state index in [0.29, 0.717) is 11.5 Å². The summed E-state index contributed by atoms with van der Waals surface area (Å²) in [6.45, 7) is 0. The Morgan fingerprint density at radius 3 is 2.64 bits per heavy atom. The van der Waals surface area contributed by atoms with Crippen LogP contribution in [0.25, 0.3) is 11.5 Å². The molecule has 14 heavy (non-hydrogen) atoms. The summed E-state index contributed by atoms with van der Waals surface area (Å²) in [4.78, 5) is 18.7. The maximum atomic E-state index is 10.8. The number of nitrogens with zero attached hydrogens (tertiary/aromatic N) is 3. The molecule has 0 saturated heterocycles. The van der Waals surface area contributed by atoms with Crippen LogP contribution in [0.1, 0.15) is 10.5 Å². The van der Waals surface area contributed by atoms with Gasteiger partial charge < -0.3 is 5.73 Å². The lowest BCUT2D eigenvalue weighted by Gasteiger charge is -1.90. The number of nitrogens with one attached hydrogen (secondary N) is 1. The van der Waals surface area contributed by atoms with Crippen molar-refractivity contribution in [3.63, 3.8) is 0 Å². The molecule has 2 aromatic rings. The van der Waals surface area contributed by atoms with Gasteiger partial charge in [0.1, 0.15) is 11.4 Å². The number of hydrogen-bond donors (Lipinski definition) is 2. The van der Waals surface area contributed by atoms with Crippen LogP contribution in [0.4, 0.5) is 0 Å². The van der Waals surface area contributed by atoms with E-state index in [9.17, 15) is 4.79 Å². The molecule has 0 aliphatic rings. The van der Waals surface area contributed by atoms with Crippen molar-refractivity contribution in [3.8, 4) is 11.5 Å². The fourth-order valence-electron chi connectivity index (χ4n) is 0.994. The van der Waals surface area contributed by atoms with Crippen LogP contribution in [0, 0.1) is 0 Å². The van der Waals surface area contributed by atoms with Gasteiger partial charge in [-0.15, -0.1) is 0 Å². The highest BCUT2D eigenvalue weighted by atomic mass is 16.1. The van der Waals surface area contributed by atoms with Gasteiger partial charge in [0, 0.05) is 18.5 Å². The molecule has 0 atom stereocenters. The standard InChI is InChI=1S/C8H7N5O/c9-7(14)5-4-6(13-12-5)8-10-2-1-3-11-8/h1-4H,(H2,9,14)(H,12,13). The molecule has 0 aromatic carbocycles. The summed E-state index contributed by atoms with van der Waals surface area (Å²) in [6.07, 6.45) is 3.20. The predicted molar refractivity (Wildman–Crippen MR) is 48.1 cm³/mol. The van der Waals surface area contributed by atoms with Gasteiger partial charge in [0.05, 0.1) is 0 Å². The Bertz CT molecular complexity index is 450. The smallest absolute Gasteiger partial charge is 0.266 e. The van der Waals surface area contributed by atoms with Crippen LogP contribution in [0.3, 0.4) is 0 Å². The van der Waals surface area contributed by atoms with E-state index in [1.54, 1.807) is 18.5 Å². The van der Waals surface area contributed by atoms with E-state index in [0.717, 1.165) is 0 Å². The molecule has 2 rings (SSSR count). The number of carbonyl (C=O) groups is 1. The lowest BCUT2D eigenvalue weighted by atomic mass is 10.3. The normalized spacial score (nSPS) is 10.0. The zero-order chi connectivity index (χ0) is 9.97. The molecule has 1 amide bonds. The van der Waals surface area contributed by atoms with Gasteiger partial charge in [-0.25, -0.2) is 9.97 Å². The number of nitrogens with two attached hydrogens (primary N) is 1. The zero-order valence-electron chi connectivity index (χ0n) is 7.14. The van der Waals surface area contributed by atoms with Crippen molar-refractivity contribution in [2.24, 2.45) is 5.73 Å². The first-order valence-corrected chi connectivity index (χ1v) is 3.90. The fourth-order valence-corrected chi connectivity index (χ4v) is 0.994. The second kappa shape index (κ2) is 3.25. The molecule has 6 nitrogen and oxygen atoms in total. The maximum absolute atomic E-state index is 10.8. The summed E-state index contributed by atoms with van der Waals surface area (Å²) in [5.41, 5.74) is 5.80. The van der Waals surface area contributed by atoms with E-state index in [-0.39, 0.29) is 5.69 Å². The Hall–Kier alpha value is -2.24. The van der Waals surface area contributed by atoms with Crippen LogP contribution in [-0.4, -0.2) is 26.1 Å². The Labute approximate surface area is 79.2 Å². The second-order valence-corrected chi connectivity index (χ2v) is 2.60. The molecule has 0 radical (unpaired) electrons. The van der Waals surface area contributed by atoms with E-state index in [4.69, 9.17) is 5.73 Å². The Balaban J connectivity index is 2.39. The summed E-state index contributed by atoms with van der Waals surface area (Å²) in [7, 11) is 0. The van der Waals surface area contributed by atoms with Crippen LogP contribution in [0.2, 0.25) is 0 Å². The van der Waals surface area contributed by atoms with Crippen LogP contribution in [-0.2, 0) is 0 Å². The first-order chi connectivity index (χ1) is 6.77. The van der Waals surface area contributed by atoms with Gasteiger partial charge in [-0.2, -0.15) is 5.10 Å². The maximum Gasteiger partial charge on any atom is 0.266 e. The number of aromatic nitrogens is 4. The minimum Gasteiger partial charge on any atom is -0.364 e. The highest BCUT2D eigenvalue weighted by Crippen LogP contribution is 2.10. The van der Waals surface area contributed by atoms with Crippen molar-refractivity contribution in [2.75, 3.05) is 0 Å². The number of hydrogen-bond acceptors (Lipinski definition) is 4. The number of amides is 1. The molecule has 2 heterocycles. The molecule has 0 aliphatic heterocycles. The lowest BCUT2D eigenvalue weighted by molar-refractivity contribution is 0.0995. The zero-order valence-corrected chi connectivity index (χ0v) is 7.14. The lowest BCUT2D eigenvalue weighted by Crippen LogP contribution is -2.10. The first kappa shape index (κ1) is 8.36. The molecule has 2 aromatic heterocycles. The van der Waals surface area contributed by atoms with E-state index < -0.39 is 5.91 Å². The molecule has 0 bridgehead atoms. The van der Waals surface area contributed by atoms with Gasteiger partial charge in [0.25, 0.3) is 5.91 Å². The van der Waals surface area contributed by atoms with Crippen LogP contribution < -0.4 is 5.73 Å². The Morgan fingerprint density at radius 1 is 1.36 bits per heavy atom. The average molecular weight is 189 g/mol. The summed E-state index contributed by atoms with van der Waals surface area (Å²) in [5, 5.41) is 6.36. The summed E-state index contributed by atoms with van der Waals surface area (Å²) >= 11 is 0. The van der Waals surface area contributed by atoms with Gasteiger partial charge in [0.2, 0.25) is 0 Å². The highest BCUT2D eigenvalue weighted by Gasteiger charge is 2.08. The quantitative estimate of drug-likeness (QED) is 0.692. The topological polar surface area (TPSA) is 97.6 Å². The summed E-state index contributed by atoms with van der Waals surface area (Å²) in [5.74, 6) is -0.101. The predicted octanol–water partition coefficient (Wildman–Crippen LogP) is -0.0344. The first-order valence-electron chi connectivity index (χ1n) is 3.90. The van der Waals surface area contributed by atoms with E-state index in [1.165, 1.54) is 6.07 Å². The van der Waals surface area contributed by atoms with Crippen molar-refractivity contribution in [2.45, 2.75) is 0 Å². The number of rotatable bonds is 2. The molecule has 0 saturated carbocycles. The van der Waals surface area contributed by atoms with Crippen molar-refractivity contribution >= 4 is 5.91 Å². The molecular weight excluding hydrogens is 182 g/mol. The minimum absolute atomic E-state index is 0.243. The van der Waals surface area contributed by atoms with Gasteiger partial charge in [-0.3, -0.25) is 9.89 Å². The minimum atomic E-state index is -0.556. The fraction of sp³-hybridized carbons (Fsp3) is 0. The highest BCUT2D eigenvalue weighted by molar-refractivity contribution is 5.91. The average Bonchev–Trinajstić information content (AvgIpc) is 2.68. The van der Waals surface area contributed by atoms with Crippen molar-refractivity contribution in [3.05, 3.63) is 30.2 Å². The van der Waals surface area contributed by atoms with Gasteiger partial charge in [0.15, 0.2) is 5.82 Å². The van der Waals surface area contributed by atoms with Crippen molar-refractivity contribution in [1.29, 1.82) is 0 Å². The molecule has 0 spiro atoms. The Morgan fingerprint density at radius 2 is 2.07 bits per heavy atom. The Kier molecular flexibility index (Phi) is 1.94. The molecule has 0 fully saturated rings. The third-order valence-electron chi connectivity index (χ3n) is 1.64. The van der Waals surface area contributed by atoms with Crippen LogP contribution in [0.5, 0.6) is 0 Å². The summed E-state index contributed by atoms with van der Waals surface area (Å²) < 4.78 is 0. The van der Waals surface area contributed by atoms with E-state index >= 15 is 0 Å². The number of carbonyl (C=O) groups excluding carboxylic acids is 1. The largest absolute Gasteiger partial charge is 0.364 e. The summed E-state index contributed by atoms with van der Waals surface area (Å²) in [6, 6.07) is 3.21. The molecule has 0 unspecified atom stereocenters. The van der Waals surface area contributed by atoms with E-state index in [1.807, 2.05) is 0 Å². The SMILES string of the molecule is NC(=O)c1cc(-c2ncccn2)n[nH]1. The number of H-pyrrole nitrogens is 1. The third-order valence-corrected chi connectivity index (χ3v) is 1.64. The van der Waals surface area contributed by atoms with Crippen molar-refractivity contribution in [1.82, 2.24) is 20.2 Å². The third kappa shape index (κ3) is 1.45. The molecule has 3 N–H and O–H groups in total. The van der Waals surface area contributed by atoms with E-state index in [2.05, 4.69) is 20.2 Å². The van der Waals surface area contributed by atoms with Crippen LogP contribution >= 0.6 is 0 Å². The molecular formula is C8H7N5O. The molecule has 6 heteroatoms. The van der Waals surface area contributed by atoms with Gasteiger partial charge in [-0.1, -0.05) is 0 Å². The number of primary amides is 1. The molecule has 0 aliphatic carbocycles. The number of aromatic amines is 1. The van der Waals surface area contributed by atoms with Crippen LogP contribution in [0.15, 0.2) is 24.5 Å². The van der Waals surface area contributed by atoms with Gasteiger partial charge in [-0.05, 0) is 6.07 Å². The monoisotopic (exact) mass is 189 g/mol.